The number of rotatable bonds is 5. The number of nitrogens with one attached hydrogen (secondary N) is 1. The molecular weight excluding hydrogens is 342 g/mol. The fourth-order valence-corrected chi connectivity index (χ4v) is 3.04. The standard InChI is InChI=1S/C18H20ClN3O3/c1-10-9-14(11(2)22(10)13-6-7-13)18(24)25-12(3)17(23)21-15-5-4-8-20-16(15)19/h4-5,8-9,12-13H,6-7H2,1-3H3,(H,21,23)/t12-/m0/s1. The van der Waals surface area contributed by atoms with Crippen LogP contribution in [-0.2, 0) is 9.53 Å². The van der Waals surface area contributed by atoms with Gasteiger partial charge in [0.1, 0.15) is 0 Å². The molecule has 0 saturated heterocycles. The highest BCUT2D eigenvalue weighted by Crippen LogP contribution is 2.38. The second kappa shape index (κ2) is 6.88. The van der Waals surface area contributed by atoms with E-state index in [1.165, 1.54) is 13.1 Å². The zero-order chi connectivity index (χ0) is 18.1. The highest BCUT2D eigenvalue weighted by Gasteiger charge is 2.29. The third kappa shape index (κ3) is 3.69. The van der Waals surface area contributed by atoms with E-state index in [0.29, 0.717) is 17.3 Å². The van der Waals surface area contributed by atoms with E-state index in [0.717, 1.165) is 24.2 Å². The van der Waals surface area contributed by atoms with Gasteiger partial charge in [0.2, 0.25) is 0 Å². The summed E-state index contributed by atoms with van der Waals surface area (Å²) in [4.78, 5) is 28.6. The van der Waals surface area contributed by atoms with Gasteiger partial charge in [0.15, 0.2) is 11.3 Å². The lowest BCUT2D eigenvalue weighted by Gasteiger charge is -2.14. The Hall–Kier alpha value is -2.34. The predicted octanol–water partition coefficient (Wildman–Crippen LogP) is 3.67. The van der Waals surface area contributed by atoms with Gasteiger partial charge in [-0.25, -0.2) is 9.78 Å². The maximum atomic E-state index is 12.5. The second-order valence-electron chi connectivity index (χ2n) is 6.26. The predicted molar refractivity (Wildman–Crippen MR) is 94.9 cm³/mol. The molecule has 0 bridgehead atoms. The number of carbonyl (C=O) groups is 2. The molecule has 1 amide bonds. The average Bonchev–Trinajstić information content (AvgIpc) is 3.34. The normalized spacial score (nSPS) is 14.9. The molecule has 0 spiro atoms. The summed E-state index contributed by atoms with van der Waals surface area (Å²) in [5, 5.41) is 2.79. The van der Waals surface area contributed by atoms with Crippen molar-refractivity contribution in [1.29, 1.82) is 0 Å². The second-order valence-corrected chi connectivity index (χ2v) is 6.62. The minimum absolute atomic E-state index is 0.183. The highest BCUT2D eigenvalue weighted by molar-refractivity contribution is 6.32. The smallest absolute Gasteiger partial charge is 0.340 e. The Morgan fingerprint density at radius 2 is 2.12 bits per heavy atom. The first-order valence-corrected chi connectivity index (χ1v) is 8.57. The van der Waals surface area contributed by atoms with E-state index in [1.807, 2.05) is 19.9 Å². The topological polar surface area (TPSA) is 73.2 Å². The molecule has 1 saturated carbocycles. The maximum absolute atomic E-state index is 12.5. The molecular formula is C18H20ClN3O3. The molecule has 0 aromatic carbocycles. The van der Waals surface area contributed by atoms with E-state index >= 15 is 0 Å². The number of hydrogen-bond donors (Lipinski definition) is 1. The van der Waals surface area contributed by atoms with Crippen molar-refractivity contribution in [2.24, 2.45) is 0 Å². The molecule has 2 heterocycles. The zero-order valence-corrected chi connectivity index (χ0v) is 15.1. The number of amides is 1. The number of carbonyl (C=O) groups excluding carboxylic acids is 2. The number of anilines is 1. The van der Waals surface area contributed by atoms with Crippen LogP contribution < -0.4 is 5.32 Å². The van der Waals surface area contributed by atoms with Crippen LogP contribution in [0.15, 0.2) is 24.4 Å². The molecule has 1 N–H and O–H groups in total. The first-order valence-electron chi connectivity index (χ1n) is 8.19. The Balaban J connectivity index is 1.67. The van der Waals surface area contributed by atoms with Crippen molar-refractivity contribution in [2.45, 2.75) is 45.8 Å². The lowest BCUT2D eigenvalue weighted by atomic mass is 10.2. The lowest BCUT2D eigenvalue weighted by molar-refractivity contribution is -0.123. The summed E-state index contributed by atoms with van der Waals surface area (Å²) in [5.41, 5.74) is 2.80. The van der Waals surface area contributed by atoms with Crippen LogP contribution in [0, 0.1) is 13.8 Å². The number of aryl methyl sites for hydroxylation is 1. The number of hydrogen-bond acceptors (Lipinski definition) is 4. The number of pyridine rings is 1. The molecule has 1 fully saturated rings. The first-order chi connectivity index (χ1) is 11.9. The fourth-order valence-electron chi connectivity index (χ4n) is 2.87. The molecule has 6 nitrogen and oxygen atoms in total. The van der Waals surface area contributed by atoms with Crippen molar-refractivity contribution >= 4 is 29.2 Å². The van der Waals surface area contributed by atoms with Crippen LogP contribution in [0.4, 0.5) is 5.69 Å². The van der Waals surface area contributed by atoms with Crippen LogP contribution in [0.2, 0.25) is 5.15 Å². The molecule has 0 unspecified atom stereocenters. The van der Waals surface area contributed by atoms with Gasteiger partial charge in [0.05, 0.1) is 11.3 Å². The monoisotopic (exact) mass is 361 g/mol. The zero-order valence-electron chi connectivity index (χ0n) is 14.4. The quantitative estimate of drug-likeness (QED) is 0.651. The van der Waals surface area contributed by atoms with Crippen molar-refractivity contribution in [3.63, 3.8) is 0 Å². The Kier molecular flexibility index (Phi) is 4.81. The van der Waals surface area contributed by atoms with Gasteiger partial charge in [0.25, 0.3) is 5.91 Å². The van der Waals surface area contributed by atoms with E-state index in [2.05, 4.69) is 14.9 Å². The highest BCUT2D eigenvalue weighted by atomic mass is 35.5. The third-order valence-electron chi connectivity index (χ3n) is 4.29. The summed E-state index contributed by atoms with van der Waals surface area (Å²) in [6.07, 6.45) is 2.84. The Labute approximate surface area is 151 Å². The molecule has 1 aliphatic carbocycles. The van der Waals surface area contributed by atoms with E-state index in [1.54, 1.807) is 12.1 Å². The van der Waals surface area contributed by atoms with Gasteiger partial charge < -0.3 is 14.6 Å². The molecule has 0 radical (unpaired) electrons. The van der Waals surface area contributed by atoms with Crippen LogP contribution in [0.1, 0.15) is 47.6 Å². The van der Waals surface area contributed by atoms with Crippen molar-refractivity contribution in [2.75, 3.05) is 5.32 Å². The number of aromatic nitrogens is 2. The van der Waals surface area contributed by atoms with E-state index in [9.17, 15) is 9.59 Å². The van der Waals surface area contributed by atoms with Crippen LogP contribution in [0.25, 0.3) is 0 Å². The summed E-state index contributed by atoms with van der Waals surface area (Å²) in [7, 11) is 0. The van der Waals surface area contributed by atoms with Gasteiger partial charge >= 0.3 is 5.97 Å². The van der Waals surface area contributed by atoms with E-state index in [-0.39, 0.29) is 5.15 Å². The van der Waals surface area contributed by atoms with Crippen LogP contribution in [0.3, 0.4) is 0 Å². The lowest BCUT2D eigenvalue weighted by Crippen LogP contribution is -2.30. The van der Waals surface area contributed by atoms with Gasteiger partial charge in [-0.15, -0.1) is 0 Å². The largest absolute Gasteiger partial charge is 0.449 e. The van der Waals surface area contributed by atoms with Crippen LogP contribution in [0.5, 0.6) is 0 Å². The Morgan fingerprint density at radius 1 is 1.40 bits per heavy atom. The molecule has 2 aromatic heterocycles. The first kappa shape index (κ1) is 17.5. The third-order valence-corrected chi connectivity index (χ3v) is 4.59. The molecule has 25 heavy (non-hydrogen) atoms. The van der Waals surface area contributed by atoms with Crippen LogP contribution in [-0.4, -0.2) is 27.5 Å². The molecule has 1 atom stereocenters. The van der Waals surface area contributed by atoms with E-state index < -0.39 is 18.0 Å². The summed E-state index contributed by atoms with van der Waals surface area (Å²) in [6.45, 7) is 5.41. The average molecular weight is 362 g/mol. The SMILES string of the molecule is Cc1cc(C(=O)O[C@@H](C)C(=O)Nc2cccnc2Cl)c(C)n1C1CC1. The van der Waals surface area contributed by atoms with Crippen LogP contribution >= 0.6 is 11.6 Å². The molecule has 2 aromatic rings. The minimum atomic E-state index is -0.951. The number of esters is 1. The van der Waals surface area contributed by atoms with Crippen molar-refractivity contribution in [3.8, 4) is 0 Å². The Morgan fingerprint density at radius 3 is 2.76 bits per heavy atom. The molecule has 7 heteroatoms. The fraction of sp³-hybridized carbons (Fsp3) is 0.389. The van der Waals surface area contributed by atoms with Gasteiger partial charge in [-0.2, -0.15) is 0 Å². The maximum Gasteiger partial charge on any atom is 0.340 e. The molecule has 132 valence electrons. The molecule has 1 aliphatic rings. The number of ether oxygens (including phenoxy) is 1. The number of nitrogens with zero attached hydrogens (tertiary/aromatic N) is 2. The van der Waals surface area contributed by atoms with Gasteiger partial charge in [-0.3, -0.25) is 4.79 Å². The Bertz CT molecular complexity index is 827. The molecule has 3 rings (SSSR count). The van der Waals surface area contributed by atoms with Crippen molar-refractivity contribution in [3.05, 3.63) is 46.5 Å². The minimum Gasteiger partial charge on any atom is -0.449 e. The summed E-state index contributed by atoms with van der Waals surface area (Å²) < 4.78 is 7.50. The van der Waals surface area contributed by atoms with Gasteiger partial charge in [-0.1, -0.05) is 11.6 Å². The summed E-state index contributed by atoms with van der Waals surface area (Å²) in [5.74, 6) is -0.959. The van der Waals surface area contributed by atoms with Crippen molar-refractivity contribution in [1.82, 2.24) is 9.55 Å². The van der Waals surface area contributed by atoms with Gasteiger partial charge in [0, 0.05) is 23.6 Å². The van der Waals surface area contributed by atoms with E-state index in [4.69, 9.17) is 16.3 Å². The summed E-state index contributed by atoms with van der Waals surface area (Å²) >= 11 is 5.91. The van der Waals surface area contributed by atoms with Crippen molar-refractivity contribution < 1.29 is 14.3 Å². The number of halogens is 1. The summed E-state index contributed by atoms with van der Waals surface area (Å²) in [6, 6.07) is 5.59. The van der Waals surface area contributed by atoms with Gasteiger partial charge in [-0.05, 0) is 51.8 Å². The molecule has 0 aliphatic heterocycles.